The fourth-order valence-electron chi connectivity index (χ4n) is 2.74. The molecule has 4 rings (SSSR count). The summed E-state index contributed by atoms with van der Waals surface area (Å²) in [6.45, 7) is 1.99. The number of morpholine rings is 1. The molecule has 1 aliphatic heterocycles. The summed E-state index contributed by atoms with van der Waals surface area (Å²) in [7, 11) is 0. The quantitative estimate of drug-likeness (QED) is 0.893. The number of benzene rings is 1. The van der Waals surface area contributed by atoms with Crippen molar-refractivity contribution in [3.8, 4) is 0 Å². The van der Waals surface area contributed by atoms with Gasteiger partial charge in [-0.2, -0.15) is 0 Å². The summed E-state index contributed by atoms with van der Waals surface area (Å²) < 4.78 is 7.64. The summed E-state index contributed by atoms with van der Waals surface area (Å²) in [4.78, 5) is 1.37. The highest BCUT2D eigenvalue weighted by molar-refractivity contribution is 7.19. The first-order valence-corrected chi connectivity index (χ1v) is 7.56. The van der Waals surface area contributed by atoms with Crippen LogP contribution in [-0.2, 0) is 4.74 Å². The molecule has 1 aromatic carbocycles. The van der Waals surface area contributed by atoms with E-state index in [1.54, 1.807) is 0 Å². The molecule has 1 saturated carbocycles. The maximum Gasteiger partial charge on any atom is 0.105 e. The average Bonchev–Trinajstić information content (AvgIpc) is 3.18. The van der Waals surface area contributed by atoms with Crippen molar-refractivity contribution in [2.45, 2.75) is 25.0 Å². The second-order valence-corrected chi connectivity index (χ2v) is 6.46. The fourth-order valence-corrected chi connectivity index (χ4v) is 3.84. The Morgan fingerprint density at radius 3 is 2.89 bits per heavy atom. The zero-order chi connectivity index (χ0) is 11.9. The first-order chi connectivity index (χ1) is 8.90. The molecule has 94 valence electrons. The van der Waals surface area contributed by atoms with Crippen molar-refractivity contribution in [3.63, 3.8) is 0 Å². The van der Waals surface area contributed by atoms with Gasteiger partial charge in [-0.1, -0.05) is 18.2 Å². The van der Waals surface area contributed by atoms with Crippen LogP contribution in [0.1, 0.15) is 23.8 Å². The molecule has 1 N–H and O–H groups in total. The van der Waals surface area contributed by atoms with E-state index in [0.29, 0.717) is 6.10 Å². The van der Waals surface area contributed by atoms with Crippen molar-refractivity contribution in [2.75, 3.05) is 13.1 Å². The van der Waals surface area contributed by atoms with Crippen LogP contribution in [0, 0.1) is 5.92 Å². The van der Waals surface area contributed by atoms with Gasteiger partial charge in [0.1, 0.15) is 6.10 Å². The lowest BCUT2D eigenvalue weighted by atomic mass is 10.1. The zero-order valence-corrected chi connectivity index (χ0v) is 11.1. The molecular formula is C15H17NOS. The van der Waals surface area contributed by atoms with E-state index >= 15 is 0 Å². The smallest absolute Gasteiger partial charge is 0.105 e. The Labute approximate surface area is 111 Å². The van der Waals surface area contributed by atoms with Gasteiger partial charge < -0.3 is 10.1 Å². The van der Waals surface area contributed by atoms with E-state index in [-0.39, 0.29) is 6.10 Å². The lowest BCUT2D eigenvalue weighted by Crippen LogP contribution is -2.41. The van der Waals surface area contributed by atoms with E-state index < -0.39 is 0 Å². The molecule has 1 aromatic heterocycles. The van der Waals surface area contributed by atoms with Crippen LogP contribution < -0.4 is 5.32 Å². The number of thiophene rings is 1. The third-order valence-corrected chi connectivity index (χ3v) is 5.13. The van der Waals surface area contributed by atoms with Crippen LogP contribution in [0.2, 0.25) is 0 Å². The fraction of sp³-hybridized carbons (Fsp3) is 0.467. The third kappa shape index (κ3) is 1.96. The van der Waals surface area contributed by atoms with Gasteiger partial charge in [-0.25, -0.2) is 0 Å². The van der Waals surface area contributed by atoms with Gasteiger partial charge in [-0.3, -0.25) is 0 Å². The molecule has 18 heavy (non-hydrogen) atoms. The Balaban J connectivity index is 1.61. The first-order valence-electron chi connectivity index (χ1n) is 6.75. The molecule has 2 aromatic rings. The van der Waals surface area contributed by atoms with Crippen LogP contribution in [0.5, 0.6) is 0 Å². The zero-order valence-electron chi connectivity index (χ0n) is 10.3. The van der Waals surface area contributed by atoms with Crippen LogP contribution in [0.3, 0.4) is 0 Å². The van der Waals surface area contributed by atoms with Crippen molar-refractivity contribution in [1.29, 1.82) is 0 Å². The molecule has 1 saturated heterocycles. The van der Waals surface area contributed by atoms with Crippen molar-refractivity contribution >= 4 is 21.4 Å². The van der Waals surface area contributed by atoms with Gasteiger partial charge >= 0.3 is 0 Å². The van der Waals surface area contributed by atoms with E-state index in [0.717, 1.165) is 19.0 Å². The summed E-state index contributed by atoms with van der Waals surface area (Å²) in [6, 6.07) is 10.9. The molecular weight excluding hydrogens is 242 g/mol. The van der Waals surface area contributed by atoms with Gasteiger partial charge in [-0.15, -0.1) is 11.3 Å². The highest BCUT2D eigenvalue weighted by Crippen LogP contribution is 2.39. The topological polar surface area (TPSA) is 21.3 Å². The van der Waals surface area contributed by atoms with Crippen LogP contribution in [-0.4, -0.2) is 19.2 Å². The average molecular weight is 259 g/mol. The largest absolute Gasteiger partial charge is 0.367 e. The van der Waals surface area contributed by atoms with Gasteiger partial charge in [0.25, 0.3) is 0 Å². The van der Waals surface area contributed by atoms with Crippen LogP contribution >= 0.6 is 11.3 Å². The van der Waals surface area contributed by atoms with Gasteiger partial charge in [0.15, 0.2) is 0 Å². The second-order valence-electron chi connectivity index (χ2n) is 5.35. The molecule has 2 unspecified atom stereocenters. The van der Waals surface area contributed by atoms with Gasteiger partial charge in [-0.05, 0) is 36.3 Å². The van der Waals surface area contributed by atoms with E-state index in [2.05, 4.69) is 35.6 Å². The Morgan fingerprint density at radius 1 is 1.17 bits per heavy atom. The Bertz CT molecular complexity index is 527. The molecule has 1 aliphatic carbocycles. The van der Waals surface area contributed by atoms with Crippen LogP contribution in [0.15, 0.2) is 30.3 Å². The molecule has 2 fully saturated rings. The summed E-state index contributed by atoms with van der Waals surface area (Å²) in [6.07, 6.45) is 3.40. The minimum Gasteiger partial charge on any atom is -0.367 e. The molecule has 0 spiro atoms. The molecule has 2 nitrogen and oxygen atoms in total. The number of fused-ring (bicyclic) bond motifs is 1. The Morgan fingerprint density at radius 2 is 2.06 bits per heavy atom. The minimum absolute atomic E-state index is 0.252. The number of rotatable bonds is 2. The molecule has 2 atom stereocenters. The van der Waals surface area contributed by atoms with Crippen molar-refractivity contribution in [2.24, 2.45) is 5.92 Å². The van der Waals surface area contributed by atoms with Gasteiger partial charge in [0.2, 0.25) is 0 Å². The van der Waals surface area contributed by atoms with Gasteiger partial charge in [0, 0.05) is 22.7 Å². The van der Waals surface area contributed by atoms with Crippen molar-refractivity contribution in [1.82, 2.24) is 5.32 Å². The van der Waals surface area contributed by atoms with E-state index in [1.807, 2.05) is 11.3 Å². The van der Waals surface area contributed by atoms with E-state index in [1.165, 1.54) is 27.8 Å². The summed E-state index contributed by atoms with van der Waals surface area (Å²) >= 11 is 1.87. The normalized spacial score (nSPS) is 28.7. The maximum atomic E-state index is 6.27. The molecule has 0 amide bonds. The maximum absolute atomic E-state index is 6.27. The number of hydrogen-bond donors (Lipinski definition) is 1. The van der Waals surface area contributed by atoms with Crippen molar-refractivity contribution in [3.05, 3.63) is 35.2 Å². The number of ether oxygens (including phenoxy) is 1. The lowest BCUT2D eigenvalue weighted by Gasteiger charge is -2.30. The third-order valence-electron chi connectivity index (χ3n) is 3.92. The summed E-state index contributed by atoms with van der Waals surface area (Å²) in [5, 5.41) is 4.87. The predicted octanol–water partition coefficient (Wildman–Crippen LogP) is 3.34. The standard InChI is InChI=1S/C15H17NOS/c1-2-4-14-11(3-1)7-15(18-14)13-9-16-8-12(17-13)10-5-6-10/h1-4,7,10,12-13,16H,5-6,8-9H2. The number of nitrogens with one attached hydrogen (secondary N) is 1. The monoisotopic (exact) mass is 259 g/mol. The van der Waals surface area contributed by atoms with E-state index in [4.69, 9.17) is 4.74 Å². The lowest BCUT2D eigenvalue weighted by molar-refractivity contribution is -0.0476. The Kier molecular flexibility index (Phi) is 2.64. The van der Waals surface area contributed by atoms with E-state index in [9.17, 15) is 0 Å². The summed E-state index contributed by atoms with van der Waals surface area (Å²) in [5.41, 5.74) is 0. The highest BCUT2D eigenvalue weighted by Gasteiger charge is 2.36. The molecule has 0 radical (unpaired) electrons. The molecule has 2 aliphatic rings. The first kappa shape index (κ1) is 11.0. The Hall–Kier alpha value is -0.900. The second kappa shape index (κ2) is 4.34. The summed E-state index contributed by atoms with van der Waals surface area (Å²) in [5.74, 6) is 0.815. The molecule has 3 heteroatoms. The van der Waals surface area contributed by atoms with Gasteiger partial charge in [0.05, 0.1) is 6.10 Å². The van der Waals surface area contributed by atoms with Crippen LogP contribution in [0.4, 0.5) is 0 Å². The van der Waals surface area contributed by atoms with Crippen LogP contribution in [0.25, 0.3) is 10.1 Å². The predicted molar refractivity (Wildman–Crippen MR) is 75.0 cm³/mol. The van der Waals surface area contributed by atoms with Crippen molar-refractivity contribution < 1.29 is 4.74 Å². The minimum atomic E-state index is 0.252. The molecule has 0 bridgehead atoms. The number of hydrogen-bond acceptors (Lipinski definition) is 3. The SMILES string of the molecule is c1ccc2sc(C3CNCC(C4CC4)O3)cc2c1. The highest BCUT2D eigenvalue weighted by atomic mass is 32.1. The molecule has 2 heterocycles.